The average Bonchev–Trinajstić information content (AvgIpc) is 2.65. The molecule has 0 fully saturated rings. The number of H-pyrrole nitrogens is 1. The number of aromatic nitrogens is 3. The monoisotopic (exact) mass is 279 g/mol. The summed E-state index contributed by atoms with van der Waals surface area (Å²) in [5, 5.41) is 0. The molecule has 104 valence electrons. The number of fused-ring (bicyclic) bond motifs is 1. The topological polar surface area (TPSA) is 42.8 Å². The molecule has 2 aromatic heterocycles. The van der Waals surface area contributed by atoms with Crippen LogP contribution in [0.1, 0.15) is 26.0 Å². The van der Waals surface area contributed by atoms with Crippen LogP contribution >= 0.6 is 12.2 Å². The molecule has 0 bridgehead atoms. The molecule has 2 rings (SSSR count). The summed E-state index contributed by atoms with van der Waals surface area (Å²) < 4.78 is 8.38. The fourth-order valence-electron chi connectivity index (χ4n) is 1.98. The fourth-order valence-corrected chi connectivity index (χ4v) is 2.26. The van der Waals surface area contributed by atoms with Crippen molar-refractivity contribution in [2.75, 3.05) is 13.2 Å². The van der Waals surface area contributed by atoms with Crippen molar-refractivity contribution in [3.8, 4) is 0 Å². The second-order valence-corrected chi connectivity index (χ2v) is 5.61. The number of pyridine rings is 1. The predicted octanol–water partition coefficient (Wildman–Crippen LogP) is 3.47. The normalized spacial score (nSPS) is 11.6. The van der Waals surface area contributed by atoms with Gasteiger partial charge in [-0.3, -0.25) is 0 Å². The van der Waals surface area contributed by atoms with Crippen molar-refractivity contribution in [1.82, 2.24) is 14.5 Å². The number of imidazole rings is 1. The Balaban J connectivity index is 2.02. The van der Waals surface area contributed by atoms with Crippen molar-refractivity contribution < 1.29 is 4.74 Å². The van der Waals surface area contributed by atoms with Gasteiger partial charge in [-0.1, -0.05) is 13.8 Å². The summed E-state index contributed by atoms with van der Waals surface area (Å²) in [5.74, 6) is 0.583. The van der Waals surface area contributed by atoms with Gasteiger partial charge in [-0.05, 0) is 43.6 Å². The van der Waals surface area contributed by atoms with Crippen LogP contribution < -0.4 is 0 Å². The number of aromatic amines is 1. The Bertz CT molecular complexity index is 600. The van der Waals surface area contributed by atoms with Crippen LogP contribution in [-0.4, -0.2) is 27.7 Å². The number of ether oxygens (including phenoxy) is 1. The van der Waals surface area contributed by atoms with E-state index >= 15 is 0 Å². The minimum absolute atomic E-state index is 0.583. The van der Waals surface area contributed by atoms with E-state index in [9.17, 15) is 0 Å². The van der Waals surface area contributed by atoms with E-state index in [4.69, 9.17) is 17.0 Å². The van der Waals surface area contributed by atoms with Gasteiger partial charge in [-0.25, -0.2) is 4.98 Å². The highest BCUT2D eigenvalue weighted by Gasteiger charge is 2.05. The molecule has 5 heteroatoms. The Labute approximate surface area is 118 Å². The lowest BCUT2D eigenvalue weighted by Crippen LogP contribution is -2.07. The molecule has 0 spiro atoms. The van der Waals surface area contributed by atoms with E-state index < -0.39 is 0 Å². The van der Waals surface area contributed by atoms with Crippen LogP contribution in [-0.2, 0) is 11.3 Å². The maximum atomic E-state index is 5.59. The second-order valence-electron chi connectivity index (χ2n) is 5.23. The summed E-state index contributed by atoms with van der Waals surface area (Å²) in [6.45, 7) is 8.72. The van der Waals surface area contributed by atoms with Crippen LogP contribution in [0.3, 0.4) is 0 Å². The van der Waals surface area contributed by atoms with Gasteiger partial charge in [0.05, 0.1) is 5.52 Å². The predicted molar refractivity (Wildman–Crippen MR) is 79.9 cm³/mol. The standard InChI is InChI=1S/C14H21N3OS/c1-10(2)9-18-8-4-7-17-13-12(16-14(17)19)6-5-11(3)15-13/h5-6,10H,4,7-9H2,1-3H3,(H,16,19). The van der Waals surface area contributed by atoms with E-state index in [0.717, 1.165) is 47.8 Å². The highest BCUT2D eigenvalue weighted by atomic mass is 32.1. The van der Waals surface area contributed by atoms with E-state index in [2.05, 4.69) is 28.4 Å². The number of nitrogens with one attached hydrogen (secondary N) is 1. The van der Waals surface area contributed by atoms with Crippen LogP contribution in [0.5, 0.6) is 0 Å². The minimum Gasteiger partial charge on any atom is -0.381 e. The zero-order chi connectivity index (χ0) is 13.8. The molecule has 0 aromatic carbocycles. The molecule has 2 aromatic rings. The molecule has 0 aliphatic carbocycles. The van der Waals surface area contributed by atoms with E-state index in [-0.39, 0.29) is 0 Å². The summed E-state index contributed by atoms with van der Waals surface area (Å²) in [4.78, 5) is 7.74. The highest BCUT2D eigenvalue weighted by molar-refractivity contribution is 7.71. The zero-order valence-corrected chi connectivity index (χ0v) is 12.6. The van der Waals surface area contributed by atoms with Gasteiger partial charge in [0, 0.05) is 25.5 Å². The second kappa shape index (κ2) is 6.30. The molecule has 19 heavy (non-hydrogen) atoms. The third-order valence-corrected chi connectivity index (χ3v) is 3.20. The van der Waals surface area contributed by atoms with Gasteiger partial charge >= 0.3 is 0 Å². The van der Waals surface area contributed by atoms with Crippen molar-refractivity contribution in [1.29, 1.82) is 0 Å². The summed E-state index contributed by atoms with van der Waals surface area (Å²) in [7, 11) is 0. The molecule has 0 aliphatic rings. The molecule has 0 saturated carbocycles. The van der Waals surface area contributed by atoms with Crippen LogP contribution in [0, 0.1) is 17.6 Å². The SMILES string of the molecule is Cc1ccc2[nH]c(=S)n(CCCOCC(C)C)c2n1. The smallest absolute Gasteiger partial charge is 0.179 e. The van der Waals surface area contributed by atoms with Gasteiger partial charge in [0.25, 0.3) is 0 Å². The van der Waals surface area contributed by atoms with Gasteiger partial charge in [0.15, 0.2) is 10.4 Å². The quantitative estimate of drug-likeness (QED) is 0.650. The van der Waals surface area contributed by atoms with Crippen molar-refractivity contribution in [2.24, 2.45) is 5.92 Å². The molecule has 0 atom stereocenters. The zero-order valence-electron chi connectivity index (χ0n) is 11.8. The minimum atomic E-state index is 0.583. The first-order chi connectivity index (χ1) is 9.08. The first kappa shape index (κ1) is 14.2. The van der Waals surface area contributed by atoms with Crippen LogP contribution in [0.4, 0.5) is 0 Å². The van der Waals surface area contributed by atoms with E-state index in [1.807, 2.05) is 19.1 Å². The molecular formula is C14H21N3OS. The maximum absolute atomic E-state index is 5.59. The van der Waals surface area contributed by atoms with Crippen molar-refractivity contribution in [3.63, 3.8) is 0 Å². The van der Waals surface area contributed by atoms with Gasteiger partial charge in [0.2, 0.25) is 0 Å². The lowest BCUT2D eigenvalue weighted by Gasteiger charge is -2.07. The van der Waals surface area contributed by atoms with Crippen molar-refractivity contribution in [3.05, 3.63) is 22.6 Å². The number of nitrogens with zero attached hydrogens (tertiary/aromatic N) is 2. The number of aryl methyl sites for hydroxylation is 2. The summed E-state index contributed by atoms with van der Waals surface area (Å²) in [6, 6.07) is 4.02. The number of hydrogen-bond acceptors (Lipinski definition) is 3. The van der Waals surface area contributed by atoms with E-state index in [0.29, 0.717) is 5.92 Å². The number of rotatable bonds is 6. The highest BCUT2D eigenvalue weighted by Crippen LogP contribution is 2.13. The summed E-state index contributed by atoms with van der Waals surface area (Å²) >= 11 is 5.34. The maximum Gasteiger partial charge on any atom is 0.179 e. The molecule has 4 nitrogen and oxygen atoms in total. The molecule has 0 saturated heterocycles. The Morgan fingerprint density at radius 1 is 1.42 bits per heavy atom. The van der Waals surface area contributed by atoms with E-state index in [1.54, 1.807) is 0 Å². The summed E-state index contributed by atoms with van der Waals surface area (Å²) in [6.07, 6.45) is 0.948. The Hall–Kier alpha value is -1.20. The molecular weight excluding hydrogens is 258 g/mol. The molecule has 0 unspecified atom stereocenters. The fraction of sp³-hybridized carbons (Fsp3) is 0.571. The summed E-state index contributed by atoms with van der Waals surface area (Å²) in [5.41, 5.74) is 2.94. The Morgan fingerprint density at radius 3 is 2.95 bits per heavy atom. The van der Waals surface area contributed by atoms with Gasteiger partial charge in [-0.2, -0.15) is 0 Å². The Morgan fingerprint density at radius 2 is 2.21 bits per heavy atom. The van der Waals surface area contributed by atoms with Crippen LogP contribution in [0.2, 0.25) is 0 Å². The Kier molecular flexibility index (Phi) is 4.71. The molecule has 0 aliphatic heterocycles. The lowest BCUT2D eigenvalue weighted by molar-refractivity contribution is 0.105. The van der Waals surface area contributed by atoms with Crippen molar-refractivity contribution in [2.45, 2.75) is 33.7 Å². The first-order valence-corrected chi connectivity index (χ1v) is 7.12. The van der Waals surface area contributed by atoms with Gasteiger partial charge < -0.3 is 14.3 Å². The molecule has 0 radical (unpaired) electrons. The van der Waals surface area contributed by atoms with E-state index in [1.165, 1.54) is 0 Å². The average molecular weight is 279 g/mol. The first-order valence-electron chi connectivity index (χ1n) is 6.72. The lowest BCUT2D eigenvalue weighted by atomic mass is 10.2. The third-order valence-electron chi connectivity index (χ3n) is 2.88. The van der Waals surface area contributed by atoms with Crippen molar-refractivity contribution >= 4 is 23.4 Å². The van der Waals surface area contributed by atoms with Gasteiger partial charge in [-0.15, -0.1) is 0 Å². The third kappa shape index (κ3) is 3.64. The molecule has 1 N–H and O–H groups in total. The largest absolute Gasteiger partial charge is 0.381 e. The number of hydrogen-bond donors (Lipinski definition) is 1. The van der Waals surface area contributed by atoms with Crippen LogP contribution in [0.15, 0.2) is 12.1 Å². The van der Waals surface area contributed by atoms with Crippen LogP contribution in [0.25, 0.3) is 11.2 Å². The molecule has 0 amide bonds. The molecule has 2 heterocycles. The van der Waals surface area contributed by atoms with Gasteiger partial charge in [0.1, 0.15) is 0 Å².